The highest BCUT2D eigenvalue weighted by molar-refractivity contribution is 5.88. The van der Waals surface area contributed by atoms with Crippen LogP contribution < -0.4 is 5.32 Å². The number of rotatable bonds is 5. The highest BCUT2D eigenvalue weighted by Gasteiger charge is 2.28. The van der Waals surface area contributed by atoms with Crippen molar-refractivity contribution in [3.8, 4) is 0 Å². The number of piperidine rings is 1. The van der Waals surface area contributed by atoms with E-state index in [1.54, 1.807) is 19.1 Å². The number of likely N-dealkylation sites (tertiary alicyclic amines) is 1. The first-order valence-corrected chi connectivity index (χ1v) is 11.4. The number of benzene rings is 2. The van der Waals surface area contributed by atoms with Gasteiger partial charge in [0, 0.05) is 20.6 Å². The Kier molecular flexibility index (Phi) is 6.83. The summed E-state index contributed by atoms with van der Waals surface area (Å²) in [7, 11) is 0. The standard InChI is InChI=1S/C26H33FN2O.H2/c1-19(30)28-26-10-7-21-3-2-4-23(17-24(21)18-26)22-12-15-29(16-13-22)14-11-20-5-8-25(27)9-6-20;/h5-10,18,22-23H,2-4,11-17H2,1H3,(H,28,30);1H. The largest absolute Gasteiger partial charge is 0.326 e. The molecule has 1 atom stereocenters. The molecule has 1 saturated heterocycles. The topological polar surface area (TPSA) is 32.3 Å². The molecule has 2 aromatic rings. The Morgan fingerprint density at radius 3 is 2.57 bits per heavy atom. The predicted octanol–water partition coefficient (Wildman–Crippen LogP) is 5.48. The molecule has 0 bridgehead atoms. The minimum absolute atomic E-state index is 0. The van der Waals surface area contributed by atoms with Gasteiger partial charge in [0.05, 0.1) is 0 Å². The van der Waals surface area contributed by atoms with Gasteiger partial charge in [0.25, 0.3) is 0 Å². The number of carbonyl (C=O) groups excluding carboxylic acids is 1. The van der Waals surface area contributed by atoms with E-state index in [4.69, 9.17) is 0 Å². The Morgan fingerprint density at radius 2 is 1.83 bits per heavy atom. The van der Waals surface area contributed by atoms with E-state index in [1.165, 1.54) is 55.5 Å². The Morgan fingerprint density at radius 1 is 1.07 bits per heavy atom. The highest BCUT2D eigenvalue weighted by Crippen LogP contribution is 2.35. The van der Waals surface area contributed by atoms with Crippen molar-refractivity contribution in [2.75, 3.05) is 25.0 Å². The zero-order valence-corrected chi connectivity index (χ0v) is 18.0. The number of carbonyl (C=O) groups is 1. The number of nitrogens with one attached hydrogen (secondary N) is 1. The lowest BCUT2D eigenvalue weighted by atomic mass is 9.79. The maximum absolute atomic E-state index is 13.1. The zero-order valence-electron chi connectivity index (χ0n) is 18.0. The average Bonchev–Trinajstić information content (AvgIpc) is 2.95. The van der Waals surface area contributed by atoms with E-state index in [2.05, 4.69) is 22.3 Å². The quantitative estimate of drug-likeness (QED) is 0.662. The molecule has 2 aromatic carbocycles. The third-order valence-corrected chi connectivity index (χ3v) is 6.96. The molecule has 1 aliphatic carbocycles. The van der Waals surface area contributed by atoms with Crippen LogP contribution in [0.5, 0.6) is 0 Å². The molecule has 0 radical (unpaired) electrons. The number of aryl methyl sites for hydroxylation is 1. The summed E-state index contributed by atoms with van der Waals surface area (Å²) in [6.07, 6.45) is 8.41. The van der Waals surface area contributed by atoms with Gasteiger partial charge in [-0.3, -0.25) is 4.79 Å². The van der Waals surface area contributed by atoms with E-state index >= 15 is 0 Å². The van der Waals surface area contributed by atoms with Crippen molar-refractivity contribution < 1.29 is 10.6 Å². The predicted molar refractivity (Wildman–Crippen MR) is 122 cm³/mol. The fraction of sp³-hybridized carbons (Fsp3) is 0.500. The monoisotopic (exact) mass is 410 g/mol. The second kappa shape index (κ2) is 9.74. The highest BCUT2D eigenvalue weighted by atomic mass is 19.1. The normalized spacial score (nSPS) is 20.4. The third-order valence-electron chi connectivity index (χ3n) is 6.96. The number of anilines is 1. The molecule has 162 valence electrons. The lowest BCUT2D eigenvalue weighted by Crippen LogP contribution is -2.37. The van der Waals surface area contributed by atoms with Crippen LogP contribution in [-0.4, -0.2) is 30.4 Å². The van der Waals surface area contributed by atoms with E-state index in [1.807, 2.05) is 18.2 Å². The molecule has 3 nitrogen and oxygen atoms in total. The van der Waals surface area contributed by atoms with Crippen LogP contribution in [0.25, 0.3) is 0 Å². The molecule has 4 heteroatoms. The molecule has 1 N–H and O–H groups in total. The van der Waals surface area contributed by atoms with Gasteiger partial charge in [-0.1, -0.05) is 18.2 Å². The minimum Gasteiger partial charge on any atom is -0.326 e. The fourth-order valence-corrected chi connectivity index (χ4v) is 5.27. The van der Waals surface area contributed by atoms with Gasteiger partial charge in [0.15, 0.2) is 0 Å². The molecule has 1 fully saturated rings. The molecule has 1 aliphatic heterocycles. The van der Waals surface area contributed by atoms with Gasteiger partial charge < -0.3 is 10.2 Å². The summed E-state index contributed by atoms with van der Waals surface area (Å²) in [6.45, 7) is 4.96. The summed E-state index contributed by atoms with van der Waals surface area (Å²) < 4.78 is 13.1. The van der Waals surface area contributed by atoms with Crippen molar-refractivity contribution in [3.63, 3.8) is 0 Å². The lowest BCUT2D eigenvalue weighted by molar-refractivity contribution is -0.114. The first-order valence-electron chi connectivity index (χ1n) is 11.4. The maximum Gasteiger partial charge on any atom is 0.221 e. The maximum atomic E-state index is 13.1. The van der Waals surface area contributed by atoms with Gasteiger partial charge in [0.1, 0.15) is 5.82 Å². The Balaban J connectivity index is 0.00000272. The SMILES string of the molecule is CC(=O)Nc1ccc2c(c1)CC(C1CCN(CCc3ccc(F)cc3)CC1)CCC2.[HH]. The summed E-state index contributed by atoms with van der Waals surface area (Å²) in [6, 6.07) is 13.4. The van der Waals surface area contributed by atoms with Gasteiger partial charge in [-0.15, -0.1) is 0 Å². The number of halogens is 1. The minimum atomic E-state index is -0.159. The van der Waals surface area contributed by atoms with Gasteiger partial charge in [0.2, 0.25) is 5.91 Å². The summed E-state index contributed by atoms with van der Waals surface area (Å²) in [4.78, 5) is 14.0. The van der Waals surface area contributed by atoms with Crippen LogP contribution in [0.4, 0.5) is 10.1 Å². The number of fused-ring (bicyclic) bond motifs is 1. The molecular formula is C26H35FN2O. The number of hydrogen-bond donors (Lipinski definition) is 1. The van der Waals surface area contributed by atoms with Crippen molar-refractivity contribution in [1.29, 1.82) is 0 Å². The summed E-state index contributed by atoms with van der Waals surface area (Å²) in [5.74, 6) is 1.38. The third kappa shape index (κ3) is 5.48. The molecule has 2 aliphatic rings. The van der Waals surface area contributed by atoms with E-state index in [-0.39, 0.29) is 13.2 Å². The van der Waals surface area contributed by atoms with Crippen LogP contribution in [0.3, 0.4) is 0 Å². The van der Waals surface area contributed by atoms with Crippen molar-refractivity contribution in [2.45, 2.75) is 51.9 Å². The van der Waals surface area contributed by atoms with Gasteiger partial charge >= 0.3 is 0 Å². The van der Waals surface area contributed by atoms with Crippen LogP contribution in [-0.2, 0) is 24.1 Å². The van der Waals surface area contributed by atoms with Crippen LogP contribution in [0.2, 0.25) is 0 Å². The van der Waals surface area contributed by atoms with Gasteiger partial charge in [-0.25, -0.2) is 4.39 Å². The Hall–Kier alpha value is -2.20. The van der Waals surface area contributed by atoms with Crippen LogP contribution >= 0.6 is 0 Å². The average molecular weight is 411 g/mol. The summed E-state index contributed by atoms with van der Waals surface area (Å²) in [5, 5.41) is 2.94. The molecule has 4 rings (SSSR count). The second-order valence-electron chi connectivity index (χ2n) is 9.08. The lowest BCUT2D eigenvalue weighted by Gasteiger charge is -2.36. The van der Waals surface area contributed by atoms with Crippen molar-refractivity contribution in [1.82, 2.24) is 4.90 Å². The van der Waals surface area contributed by atoms with Crippen molar-refractivity contribution in [2.24, 2.45) is 11.8 Å². The van der Waals surface area contributed by atoms with Crippen molar-refractivity contribution in [3.05, 3.63) is 65.0 Å². The number of nitrogens with zero attached hydrogens (tertiary/aromatic N) is 1. The number of amides is 1. The number of hydrogen-bond acceptors (Lipinski definition) is 2. The molecule has 0 aromatic heterocycles. The fourth-order valence-electron chi connectivity index (χ4n) is 5.27. The van der Waals surface area contributed by atoms with E-state index in [9.17, 15) is 9.18 Å². The smallest absolute Gasteiger partial charge is 0.221 e. The summed E-state index contributed by atoms with van der Waals surface area (Å²) >= 11 is 0. The first-order chi connectivity index (χ1) is 14.6. The Labute approximate surface area is 181 Å². The molecular weight excluding hydrogens is 375 g/mol. The molecule has 1 amide bonds. The van der Waals surface area contributed by atoms with Crippen molar-refractivity contribution >= 4 is 11.6 Å². The first kappa shape index (κ1) is 21.0. The Bertz CT molecular complexity index is 862. The molecule has 1 heterocycles. The van der Waals surface area contributed by atoms with E-state index < -0.39 is 0 Å². The molecule has 0 spiro atoms. The van der Waals surface area contributed by atoms with Crippen LogP contribution in [0, 0.1) is 17.7 Å². The summed E-state index contributed by atoms with van der Waals surface area (Å²) in [5.41, 5.74) is 5.04. The van der Waals surface area contributed by atoms with Gasteiger partial charge in [-0.2, -0.15) is 0 Å². The van der Waals surface area contributed by atoms with E-state index in [0.717, 1.165) is 43.3 Å². The van der Waals surface area contributed by atoms with Crippen LogP contribution in [0.1, 0.15) is 50.7 Å². The molecule has 30 heavy (non-hydrogen) atoms. The van der Waals surface area contributed by atoms with Crippen LogP contribution in [0.15, 0.2) is 42.5 Å². The zero-order chi connectivity index (χ0) is 20.9. The second-order valence-corrected chi connectivity index (χ2v) is 9.08. The molecule has 0 saturated carbocycles. The van der Waals surface area contributed by atoms with Gasteiger partial charge in [-0.05, 0) is 111 Å². The van der Waals surface area contributed by atoms with E-state index in [0.29, 0.717) is 0 Å². The molecule has 1 unspecified atom stereocenters.